The van der Waals surface area contributed by atoms with Crippen LogP contribution in [0.4, 0.5) is 0 Å². The molecule has 0 saturated carbocycles. The van der Waals surface area contributed by atoms with Gasteiger partial charge in [0.2, 0.25) is 0 Å². The molecule has 16 heavy (non-hydrogen) atoms. The van der Waals surface area contributed by atoms with Gasteiger partial charge in [-0.1, -0.05) is 13.8 Å². The highest BCUT2D eigenvalue weighted by Gasteiger charge is 2.53. The number of esters is 1. The molecule has 1 spiro atoms. The minimum atomic E-state index is -0.0148. The number of rotatable bonds is 5. The topological polar surface area (TPSA) is 41.6 Å². The van der Waals surface area contributed by atoms with E-state index in [0.717, 1.165) is 39.1 Å². The molecule has 2 saturated heterocycles. The molecule has 2 heterocycles. The average molecular weight is 226 g/mol. The van der Waals surface area contributed by atoms with E-state index in [1.165, 1.54) is 0 Å². The number of hydrogen-bond acceptors (Lipinski definition) is 4. The summed E-state index contributed by atoms with van der Waals surface area (Å²) in [6.07, 6.45) is 1.86. The quantitative estimate of drug-likeness (QED) is 0.698. The first-order valence-electron chi connectivity index (χ1n) is 6.33. The van der Waals surface area contributed by atoms with Crippen molar-refractivity contribution in [1.82, 2.24) is 10.2 Å². The maximum atomic E-state index is 11.4. The second kappa shape index (κ2) is 4.72. The number of likely N-dealkylation sites (N-methyl/N-ethyl adjacent to an activating group) is 1. The standard InChI is InChI=1S/C12H22N2O2/c1-3-5-14(4-2)7-10-12(8-13-9-12)6-11(15)16-10/h10,13H,3-9H2,1-2H3. The normalized spacial score (nSPS) is 27.2. The average Bonchev–Trinajstić information content (AvgIpc) is 2.54. The third kappa shape index (κ3) is 2.09. The van der Waals surface area contributed by atoms with Gasteiger partial charge in [0.25, 0.3) is 0 Å². The summed E-state index contributed by atoms with van der Waals surface area (Å²) >= 11 is 0. The molecule has 2 fully saturated rings. The summed E-state index contributed by atoms with van der Waals surface area (Å²) in [7, 11) is 0. The van der Waals surface area contributed by atoms with E-state index < -0.39 is 0 Å². The second-order valence-electron chi connectivity index (χ2n) is 5.01. The number of carbonyl (C=O) groups excluding carboxylic acids is 1. The Balaban J connectivity index is 1.94. The summed E-state index contributed by atoms with van der Waals surface area (Å²) in [5, 5.41) is 3.27. The van der Waals surface area contributed by atoms with Crippen LogP contribution in [-0.2, 0) is 9.53 Å². The molecule has 1 N–H and O–H groups in total. The van der Waals surface area contributed by atoms with Crippen molar-refractivity contribution in [3.8, 4) is 0 Å². The van der Waals surface area contributed by atoms with Gasteiger partial charge in [-0.05, 0) is 19.5 Å². The van der Waals surface area contributed by atoms with Crippen molar-refractivity contribution in [2.75, 3.05) is 32.7 Å². The third-order valence-corrected chi connectivity index (χ3v) is 3.82. The Morgan fingerprint density at radius 2 is 2.25 bits per heavy atom. The number of carbonyl (C=O) groups is 1. The van der Waals surface area contributed by atoms with E-state index in [9.17, 15) is 4.79 Å². The van der Waals surface area contributed by atoms with Gasteiger partial charge in [-0.3, -0.25) is 9.69 Å². The van der Waals surface area contributed by atoms with Crippen LogP contribution in [0.2, 0.25) is 0 Å². The van der Waals surface area contributed by atoms with Crippen LogP contribution in [0.15, 0.2) is 0 Å². The summed E-state index contributed by atoms with van der Waals surface area (Å²) in [5.74, 6) is -0.0148. The molecule has 0 aromatic rings. The first-order chi connectivity index (χ1) is 7.70. The molecular formula is C12H22N2O2. The lowest BCUT2D eigenvalue weighted by Gasteiger charge is -2.42. The Kier molecular flexibility index (Phi) is 3.50. The van der Waals surface area contributed by atoms with Crippen LogP contribution in [0.3, 0.4) is 0 Å². The Labute approximate surface area is 97.3 Å². The predicted molar refractivity (Wildman–Crippen MR) is 62.2 cm³/mol. The number of cyclic esters (lactones) is 1. The molecule has 0 aliphatic carbocycles. The summed E-state index contributed by atoms with van der Waals surface area (Å²) in [6, 6.07) is 0. The van der Waals surface area contributed by atoms with E-state index in [1.807, 2.05) is 0 Å². The van der Waals surface area contributed by atoms with Gasteiger partial charge in [0, 0.05) is 25.0 Å². The van der Waals surface area contributed by atoms with E-state index in [0.29, 0.717) is 6.42 Å². The Morgan fingerprint density at radius 3 is 2.75 bits per heavy atom. The molecular weight excluding hydrogens is 204 g/mol. The van der Waals surface area contributed by atoms with Gasteiger partial charge < -0.3 is 10.1 Å². The largest absolute Gasteiger partial charge is 0.460 e. The number of nitrogens with one attached hydrogen (secondary N) is 1. The van der Waals surface area contributed by atoms with E-state index in [-0.39, 0.29) is 17.5 Å². The molecule has 2 aliphatic heterocycles. The summed E-state index contributed by atoms with van der Waals surface area (Å²) in [5.41, 5.74) is 0.109. The zero-order chi connectivity index (χ0) is 11.6. The van der Waals surface area contributed by atoms with E-state index in [2.05, 4.69) is 24.1 Å². The van der Waals surface area contributed by atoms with Crippen LogP contribution >= 0.6 is 0 Å². The zero-order valence-electron chi connectivity index (χ0n) is 10.3. The van der Waals surface area contributed by atoms with Gasteiger partial charge in [-0.15, -0.1) is 0 Å². The molecule has 4 nitrogen and oxygen atoms in total. The summed E-state index contributed by atoms with van der Waals surface area (Å²) in [6.45, 7) is 9.25. The van der Waals surface area contributed by atoms with Crippen molar-refractivity contribution in [2.45, 2.75) is 32.8 Å². The third-order valence-electron chi connectivity index (χ3n) is 3.82. The van der Waals surface area contributed by atoms with Crippen molar-refractivity contribution in [2.24, 2.45) is 5.41 Å². The molecule has 0 radical (unpaired) electrons. The van der Waals surface area contributed by atoms with Crippen molar-refractivity contribution in [3.63, 3.8) is 0 Å². The molecule has 0 bridgehead atoms. The molecule has 0 amide bonds. The van der Waals surface area contributed by atoms with Crippen molar-refractivity contribution in [1.29, 1.82) is 0 Å². The minimum absolute atomic E-state index is 0.0148. The van der Waals surface area contributed by atoms with Gasteiger partial charge in [-0.2, -0.15) is 0 Å². The van der Waals surface area contributed by atoms with Crippen LogP contribution in [0.25, 0.3) is 0 Å². The number of hydrogen-bond donors (Lipinski definition) is 1. The highest BCUT2D eigenvalue weighted by Crippen LogP contribution is 2.39. The maximum Gasteiger partial charge on any atom is 0.306 e. The van der Waals surface area contributed by atoms with Crippen molar-refractivity contribution >= 4 is 5.97 Å². The lowest BCUT2D eigenvalue weighted by atomic mass is 9.75. The van der Waals surface area contributed by atoms with Gasteiger partial charge in [-0.25, -0.2) is 0 Å². The van der Waals surface area contributed by atoms with Crippen LogP contribution in [0, 0.1) is 5.41 Å². The Morgan fingerprint density at radius 1 is 1.50 bits per heavy atom. The fourth-order valence-electron chi connectivity index (χ4n) is 2.69. The van der Waals surface area contributed by atoms with E-state index in [1.54, 1.807) is 0 Å². The molecule has 0 aromatic heterocycles. The molecule has 2 aliphatic rings. The first kappa shape index (κ1) is 11.9. The molecule has 92 valence electrons. The smallest absolute Gasteiger partial charge is 0.306 e. The number of nitrogens with zero attached hydrogens (tertiary/aromatic N) is 1. The van der Waals surface area contributed by atoms with Gasteiger partial charge in [0.05, 0.1) is 6.42 Å². The highest BCUT2D eigenvalue weighted by atomic mass is 16.6. The lowest BCUT2D eigenvalue weighted by molar-refractivity contribution is -0.142. The minimum Gasteiger partial charge on any atom is -0.460 e. The molecule has 2 rings (SSSR count). The van der Waals surface area contributed by atoms with Crippen molar-refractivity contribution < 1.29 is 9.53 Å². The molecule has 1 atom stereocenters. The van der Waals surface area contributed by atoms with Gasteiger partial charge >= 0.3 is 5.97 Å². The first-order valence-corrected chi connectivity index (χ1v) is 6.33. The SMILES string of the molecule is CCCN(CC)CC1OC(=O)CC12CNC2. The number of ether oxygens (including phenoxy) is 1. The van der Waals surface area contributed by atoms with E-state index in [4.69, 9.17) is 4.74 Å². The predicted octanol–water partition coefficient (Wildman–Crippen LogP) is 0.623. The molecule has 4 heteroatoms. The molecule has 0 aromatic carbocycles. The Hall–Kier alpha value is -0.610. The van der Waals surface area contributed by atoms with Crippen LogP contribution < -0.4 is 5.32 Å². The second-order valence-corrected chi connectivity index (χ2v) is 5.01. The fourth-order valence-corrected chi connectivity index (χ4v) is 2.69. The Bertz CT molecular complexity index is 264. The van der Waals surface area contributed by atoms with Crippen LogP contribution in [-0.4, -0.2) is 49.7 Å². The van der Waals surface area contributed by atoms with Crippen LogP contribution in [0.1, 0.15) is 26.7 Å². The highest BCUT2D eigenvalue weighted by molar-refractivity contribution is 5.73. The van der Waals surface area contributed by atoms with Gasteiger partial charge in [0.15, 0.2) is 0 Å². The maximum absolute atomic E-state index is 11.4. The lowest BCUT2D eigenvalue weighted by Crippen LogP contribution is -2.60. The monoisotopic (exact) mass is 226 g/mol. The fraction of sp³-hybridized carbons (Fsp3) is 0.917. The van der Waals surface area contributed by atoms with Crippen LogP contribution in [0.5, 0.6) is 0 Å². The summed E-state index contributed by atoms with van der Waals surface area (Å²) < 4.78 is 5.48. The van der Waals surface area contributed by atoms with Gasteiger partial charge in [0.1, 0.15) is 6.10 Å². The molecule has 1 unspecified atom stereocenters. The zero-order valence-corrected chi connectivity index (χ0v) is 10.3. The van der Waals surface area contributed by atoms with E-state index >= 15 is 0 Å². The summed E-state index contributed by atoms with van der Waals surface area (Å²) in [4.78, 5) is 13.8. The van der Waals surface area contributed by atoms with Crippen molar-refractivity contribution in [3.05, 3.63) is 0 Å².